The van der Waals surface area contributed by atoms with Crippen LogP contribution in [0.25, 0.3) is 0 Å². The molecule has 104 valence electrons. The van der Waals surface area contributed by atoms with Crippen LogP contribution in [-0.4, -0.2) is 23.4 Å². The number of rotatable bonds is 6. The fourth-order valence-electron chi connectivity index (χ4n) is 2.18. The Hall–Kier alpha value is -0.960. The molecule has 0 bridgehead atoms. The second kappa shape index (κ2) is 7.59. The predicted octanol–water partition coefficient (Wildman–Crippen LogP) is 4.33. The molecule has 0 spiro atoms. The Kier molecular flexibility index (Phi) is 5.77. The molecule has 1 aromatic carbocycles. The van der Waals surface area contributed by atoms with E-state index in [1.165, 1.54) is 12.8 Å². The third-order valence-electron chi connectivity index (χ3n) is 3.38. The van der Waals surface area contributed by atoms with E-state index in [1.807, 2.05) is 24.3 Å². The minimum atomic E-state index is 0.167. The number of hydrogen-bond donors (Lipinski definition) is 0. The van der Waals surface area contributed by atoms with E-state index in [1.54, 1.807) is 11.8 Å². The van der Waals surface area contributed by atoms with Gasteiger partial charge in [0, 0.05) is 5.56 Å². The fourth-order valence-corrected chi connectivity index (χ4v) is 3.46. The molecule has 1 aromatic rings. The van der Waals surface area contributed by atoms with Crippen molar-refractivity contribution in [3.63, 3.8) is 0 Å². The van der Waals surface area contributed by atoms with Gasteiger partial charge in [0.1, 0.15) is 5.75 Å². The van der Waals surface area contributed by atoms with Crippen LogP contribution in [0.4, 0.5) is 0 Å². The highest BCUT2D eigenvalue weighted by Gasteiger charge is 2.22. The molecule has 0 radical (unpaired) electrons. The van der Waals surface area contributed by atoms with Gasteiger partial charge in [0.2, 0.25) is 0 Å². The highest BCUT2D eigenvalue weighted by Crippen LogP contribution is 2.28. The molecule has 1 aliphatic heterocycles. The number of carbonyl (C=O) groups is 1. The van der Waals surface area contributed by atoms with Gasteiger partial charge in [-0.25, -0.2) is 0 Å². The van der Waals surface area contributed by atoms with E-state index >= 15 is 0 Å². The second-order valence-corrected chi connectivity index (χ2v) is 6.26. The van der Waals surface area contributed by atoms with Crippen LogP contribution in [0.15, 0.2) is 24.3 Å². The number of ether oxygens (including phenoxy) is 1. The summed E-state index contributed by atoms with van der Waals surface area (Å²) in [5.74, 6) is 2.26. The second-order valence-electron chi connectivity index (χ2n) is 4.95. The summed E-state index contributed by atoms with van der Waals surface area (Å²) < 4.78 is 5.61. The number of thioether (sulfide) groups is 1. The molecule has 1 unspecified atom stereocenters. The van der Waals surface area contributed by atoms with Gasteiger partial charge in [0.05, 0.1) is 11.9 Å². The van der Waals surface area contributed by atoms with E-state index in [-0.39, 0.29) is 11.0 Å². The first kappa shape index (κ1) is 14.4. The van der Waals surface area contributed by atoms with Crippen molar-refractivity contribution in [1.82, 2.24) is 0 Å². The average molecular weight is 278 g/mol. The molecule has 2 rings (SSSR count). The van der Waals surface area contributed by atoms with Crippen LogP contribution in [-0.2, 0) is 0 Å². The molecule has 0 aromatic heterocycles. The van der Waals surface area contributed by atoms with Crippen molar-refractivity contribution in [2.75, 3.05) is 12.4 Å². The lowest BCUT2D eigenvalue weighted by molar-refractivity contribution is 0.0985. The summed E-state index contributed by atoms with van der Waals surface area (Å²) in [7, 11) is 0. The Morgan fingerprint density at radius 3 is 2.74 bits per heavy atom. The molecule has 1 atom stereocenters. The third-order valence-corrected chi connectivity index (χ3v) is 4.75. The minimum Gasteiger partial charge on any atom is -0.494 e. The molecule has 1 heterocycles. The first-order valence-corrected chi connectivity index (χ1v) is 8.25. The largest absolute Gasteiger partial charge is 0.494 e. The fraction of sp³-hybridized carbons (Fsp3) is 0.562. The molecule has 0 aliphatic carbocycles. The van der Waals surface area contributed by atoms with E-state index in [0.717, 1.165) is 42.9 Å². The van der Waals surface area contributed by atoms with Crippen molar-refractivity contribution in [1.29, 1.82) is 0 Å². The van der Waals surface area contributed by atoms with Crippen molar-refractivity contribution >= 4 is 17.5 Å². The van der Waals surface area contributed by atoms with Crippen molar-refractivity contribution in [3.05, 3.63) is 29.8 Å². The van der Waals surface area contributed by atoms with Crippen LogP contribution in [0.3, 0.4) is 0 Å². The third kappa shape index (κ3) is 4.27. The number of benzene rings is 1. The molecule has 1 saturated heterocycles. The van der Waals surface area contributed by atoms with Crippen molar-refractivity contribution in [2.24, 2.45) is 0 Å². The van der Waals surface area contributed by atoms with E-state index in [2.05, 4.69) is 6.92 Å². The van der Waals surface area contributed by atoms with E-state index in [4.69, 9.17) is 4.74 Å². The summed E-state index contributed by atoms with van der Waals surface area (Å²) >= 11 is 1.81. The van der Waals surface area contributed by atoms with Crippen LogP contribution in [0, 0.1) is 0 Å². The highest BCUT2D eigenvalue weighted by atomic mass is 32.2. The molecule has 19 heavy (non-hydrogen) atoms. The number of ketones is 1. The van der Waals surface area contributed by atoms with Gasteiger partial charge >= 0.3 is 0 Å². The Bertz CT molecular complexity index is 394. The summed E-state index contributed by atoms with van der Waals surface area (Å²) in [6, 6.07) is 7.63. The molecule has 1 fully saturated rings. The maximum atomic E-state index is 12.3. The topological polar surface area (TPSA) is 26.3 Å². The zero-order chi connectivity index (χ0) is 13.5. The van der Waals surface area contributed by atoms with Crippen LogP contribution in [0.1, 0.15) is 49.4 Å². The van der Waals surface area contributed by atoms with Gasteiger partial charge in [-0.05, 0) is 49.3 Å². The van der Waals surface area contributed by atoms with Gasteiger partial charge in [-0.15, -0.1) is 0 Å². The Labute approximate surface area is 119 Å². The lowest BCUT2D eigenvalue weighted by Crippen LogP contribution is -2.20. The van der Waals surface area contributed by atoms with Gasteiger partial charge in [0.25, 0.3) is 0 Å². The molecule has 0 N–H and O–H groups in total. The van der Waals surface area contributed by atoms with Crippen LogP contribution in [0.2, 0.25) is 0 Å². The van der Waals surface area contributed by atoms with Gasteiger partial charge < -0.3 is 4.74 Å². The maximum absolute atomic E-state index is 12.3. The van der Waals surface area contributed by atoms with Crippen LogP contribution < -0.4 is 4.74 Å². The van der Waals surface area contributed by atoms with Crippen molar-refractivity contribution in [2.45, 2.75) is 44.3 Å². The normalized spacial score (nSPS) is 19.1. The van der Waals surface area contributed by atoms with Crippen LogP contribution in [0.5, 0.6) is 5.75 Å². The summed E-state index contributed by atoms with van der Waals surface area (Å²) in [5.41, 5.74) is 0.822. The van der Waals surface area contributed by atoms with Crippen molar-refractivity contribution < 1.29 is 9.53 Å². The van der Waals surface area contributed by atoms with Crippen LogP contribution >= 0.6 is 11.8 Å². The quantitative estimate of drug-likeness (QED) is 0.572. The monoisotopic (exact) mass is 278 g/mol. The molecule has 0 saturated carbocycles. The molecular weight excluding hydrogens is 256 g/mol. The number of unbranched alkanes of at least 4 members (excludes halogenated alkanes) is 1. The zero-order valence-electron chi connectivity index (χ0n) is 11.6. The first-order valence-electron chi connectivity index (χ1n) is 7.20. The Morgan fingerprint density at radius 1 is 1.32 bits per heavy atom. The SMILES string of the molecule is CCCCOc1ccc(C(=O)C2CCCCS2)cc1. The lowest BCUT2D eigenvalue weighted by Gasteiger charge is -2.20. The van der Waals surface area contributed by atoms with Gasteiger partial charge in [-0.1, -0.05) is 19.8 Å². The average Bonchev–Trinajstić information content (AvgIpc) is 2.48. The number of hydrogen-bond acceptors (Lipinski definition) is 3. The number of carbonyl (C=O) groups excluding carboxylic acids is 1. The summed E-state index contributed by atoms with van der Waals surface area (Å²) in [4.78, 5) is 12.3. The summed E-state index contributed by atoms with van der Waals surface area (Å²) in [6.07, 6.45) is 5.66. The Morgan fingerprint density at radius 2 is 2.11 bits per heavy atom. The minimum absolute atomic E-state index is 0.167. The van der Waals surface area contributed by atoms with E-state index < -0.39 is 0 Å². The lowest BCUT2D eigenvalue weighted by atomic mass is 10.0. The van der Waals surface area contributed by atoms with Gasteiger partial charge in [-0.3, -0.25) is 4.79 Å². The van der Waals surface area contributed by atoms with Crippen molar-refractivity contribution in [3.8, 4) is 5.75 Å². The standard InChI is InChI=1S/C16H22O2S/c1-2-3-11-18-14-9-7-13(8-10-14)16(17)15-6-4-5-12-19-15/h7-10,15H,2-6,11-12H2,1H3. The molecule has 0 amide bonds. The van der Waals surface area contributed by atoms with Gasteiger partial charge in [-0.2, -0.15) is 11.8 Å². The summed E-state index contributed by atoms with van der Waals surface area (Å²) in [6.45, 7) is 2.90. The molecule has 1 aliphatic rings. The van der Waals surface area contributed by atoms with Gasteiger partial charge in [0.15, 0.2) is 5.78 Å². The maximum Gasteiger partial charge on any atom is 0.175 e. The predicted molar refractivity (Wildman–Crippen MR) is 81.3 cm³/mol. The van der Waals surface area contributed by atoms with E-state index in [9.17, 15) is 4.79 Å². The zero-order valence-corrected chi connectivity index (χ0v) is 12.4. The first-order chi connectivity index (χ1) is 9.31. The summed E-state index contributed by atoms with van der Waals surface area (Å²) in [5, 5.41) is 0.167. The molecular formula is C16H22O2S. The van der Waals surface area contributed by atoms with E-state index in [0.29, 0.717) is 0 Å². The highest BCUT2D eigenvalue weighted by molar-refractivity contribution is 8.00. The molecule has 2 nitrogen and oxygen atoms in total. The smallest absolute Gasteiger partial charge is 0.175 e. The molecule has 3 heteroatoms. The Balaban J connectivity index is 1.91. The number of Topliss-reactive ketones (excluding diaryl/α,β-unsaturated/α-hetero) is 1.